The van der Waals surface area contributed by atoms with Crippen LogP contribution in [-0.2, 0) is 16.6 Å². The number of fused-ring (bicyclic) bond motifs is 1. The van der Waals surface area contributed by atoms with Gasteiger partial charge in [0.25, 0.3) is 0 Å². The lowest BCUT2D eigenvalue weighted by molar-refractivity contribution is 0.415. The molecule has 0 unspecified atom stereocenters. The number of hydrogen-bond donors (Lipinski definition) is 1. The first-order valence-electron chi connectivity index (χ1n) is 10.8. The van der Waals surface area contributed by atoms with Gasteiger partial charge in [0.15, 0.2) is 0 Å². The Balaban J connectivity index is 1.73. The van der Waals surface area contributed by atoms with E-state index >= 15 is 0 Å². The van der Waals surface area contributed by atoms with Crippen LogP contribution in [0.4, 0.5) is 5.69 Å². The third-order valence-corrected chi connectivity index (χ3v) is 7.56. The fourth-order valence-corrected chi connectivity index (χ4v) is 4.69. The van der Waals surface area contributed by atoms with Gasteiger partial charge in [-0.1, -0.05) is 35.9 Å². The van der Waals surface area contributed by atoms with E-state index in [2.05, 4.69) is 4.72 Å². The number of rotatable bonds is 7. The summed E-state index contributed by atoms with van der Waals surface area (Å²) in [6.45, 7) is 1.86. The molecular formula is C26H25ClN2O5S. The highest BCUT2D eigenvalue weighted by atomic mass is 35.5. The summed E-state index contributed by atoms with van der Waals surface area (Å²) in [4.78, 5) is 13.0. The van der Waals surface area contributed by atoms with Crippen LogP contribution in [0.3, 0.4) is 0 Å². The highest BCUT2D eigenvalue weighted by Crippen LogP contribution is 2.35. The minimum absolute atomic E-state index is 0.275. The lowest BCUT2D eigenvalue weighted by Crippen LogP contribution is -2.28. The SMILES string of the molecule is COc1cccc(-c2cc3oc(=O)c(Cc4cccc(NS(=O)(=O)N(C)C)c4)c(C)c3cc2Cl)c1. The Hall–Kier alpha value is -3.33. The molecule has 1 aromatic heterocycles. The first-order chi connectivity index (χ1) is 16.6. The van der Waals surface area contributed by atoms with Crippen molar-refractivity contribution in [1.82, 2.24) is 4.31 Å². The molecular weight excluding hydrogens is 488 g/mol. The molecule has 0 bridgehead atoms. The number of ether oxygens (including phenoxy) is 1. The van der Waals surface area contributed by atoms with E-state index in [1.54, 1.807) is 37.4 Å². The molecule has 3 aromatic carbocycles. The van der Waals surface area contributed by atoms with Crippen LogP contribution in [0.5, 0.6) is 5.75 Å². The predicted octanol–water partition coefficient (Wildman–Crippen LogP) is 5.24. The molecule has 0 fully saturated rings. The van der Waals surface area contributed by atoms with Gasteiger partial charge in [-0.15, -0.1) is 0 Å². The van der Waals surface area contributed by atoms with E-state index in [-0.39, 0.29) is 6.42 Å². The highest BCUT2D eigenvalue weighted by molar-refractivity contribution is 7.90. The molecule has 182 valence electrons. The van der Waals surface area contributed by atoms with Crippen LogP contribution < -0.4 is 15.1 Å². The summed E-state index contributed by atoms with van der Waals surface area (Å²) < 4.78 is 38.9. The van der Waals surface area contributed by atoms with Gasteiger partial charge in [0.1, 0.15) is 11.3 Å². The molecule has 1 N–H and O–H groups in total. The fourth-order valence-electron chi connectivity index (χ4n) is 3.81. The Labute approximate surface area is 209 Å². The zero-order chi connectivity index (χ0) is 25.3. The Kier molecular flexibility index (Phi) is 6.89. The van der Waals surface area contributed by atoms with Crippen molar-refractivity contribution in [2.45, 2.75) is 13.3 Å². The van der Waals surface area contributed by atoms with Crippen molar-refractivity contribution in [1.29, 1.82) is 0 Å². The number of hydrogen-bond acceptors (Lipinski definition) is 5. The van der Waals surface area contributed by atoms with Gasteiger partial charge in [0.2, 0.25) is 0 Å². The number of methoxy groups -OCH3 is 1. The van der Waals surface area contributed by atoms with E-state index in [1.165, 1.54) is 14.1 Å². The molecule has 1 heterocycles. The van der Waals surface area contributed by atoms with Gasteiger partial charge in [-0.3, -0.25) is 4.72 Å². The zero-order valence-electron chi connectivity index (χ0n) is 19.8. The van der Waals surface area contributed by atoms with Crippen molar-refractivity contribution in [2.75, 3.05) is 25.9 Å². The summed E-state index contributed by atoms with van der Waals surface area (Å²) >= 11 is 6.64. The first kappa shape index (κ1) is 24.8. The molecule has 0 aliphatic carbocycles. The van der Waals surface area contributed by atoms with Crippen LogP contribution in [0.25, 0.3) is 22.1 Å². The van der Waals surface area contributed by atoms with Gasteiger partial charge >= 0.3 is 15.8 Å². The molecule has 0 aliphatic rings. The number of aryl methyl sites for hydroxylation is 1. The van der Waals surface area contributed by atoms with Gasteiger partial charge in [0.05, 0.1) is 12.8 Å². The second kappa shape index (κ2) is 9.73. The zero-order valence-corrected chi connectivity index (χ0v) is 21.3. The second-order valence-corrected chi connectivity index (χ2v) is 10.6. The minimum Gasteiger partial charge on any atom is -0.497 e. The van der Waals surface area contributed by atoms with E-state index in [0.29, 0.717) is 27.6 Å². The standard InChI is InChI=1S/C26H25ClN2O5S/c1-16-21-14-24(27)23(18-8-6-10-20(13-18)33-4)15-25(21)34-26(30)22(16)12-17-7-5-9-19(11-17)28-35(31,32)29(2)3/h5-11,13-15,28H,12H2,1-4H3. The lowest BCUT2D eigenvalue weighted by Gasteiger charge is -2.14. The molecule has 0 saturated heterocycles. The van der Waals surface area contributed by atoms with Gasteiger partial charge in [0, 0.05) is 42.1 Å². The second-order valence-electron chi connectivity index (χ2n) is 8.32. The number of nitrogens with zero attached hydrogens (tertiary/aromatic N) is 1. The normalized spacial score (nSPS) is 11.7. The molecule has 4 rings (SSSR count). The average Bonchev–Trinajstić information content (AvgIpc) is 2.82. The minimum atomic E-state index is -3.64. The summed E-state index contributed by atoms with van der Waals surface area (Å²) in [5, 5.41) is 1.26. The van der Waals surface area contributed by atoms with Crippen molar-refractivity contribution in [3.8, 4) is 16.9 Å². The van der Waals surface area contributed by atoms with Crippen LogP contribution in [0, 0.1) is 6.92 Å². The van der Waals surface area contributed by atoms with E-state index in [4.69, 9.17) is 20.8 Å². The first-order valence-corrected chi connectivity index (χ1v) is 12.6. The quantitative estimate of drug-likeness (QED) is 0.342. The molecule has 9 heteroatoms. The summed E-state index contributed by atoms with van der Waals surface area (Å²) in [5.41, 5.74) is 3.97. The highest BCUT2D eigenvalue weighted by Gasteiger charge is 2.17. The monoisotopic (exact) mass is 512 g/mol. The molecule has 0 atom stereocenters. The molecule has 4 aromatic rings. The van der Waals surface area contributed by atoms with Crippen molar-refractivity contribution in [3.63, 3.8) is 0 Å². The average molecular weight is 513 g/mol. The Morgan fingerprint density at radius 2 is 1.80 bits per heavy atom. The van der Waals surface area contributed by atoms with E-state index in [1.807, 2.05) is 37.3 Å². The molecule has 0 amide bonds. The van der Waals surface area contributed by atoms with Crippen molar-refractivity contribution < 1.29 is 17.6 Å². The predicted molar refractivity (Wildman–Crippen MR) is 140 cm³/mol. The van der Waals surface area contributed by atoms with Crippen LogP contribution in [0.2, 0.25) is 5.02 Å². The summed E-state index contributed by atoms with van der Waals surface area (Å²) in [6, 6.07) is 18.0. The maximum absolute atomic E-state index is 13.0. The molecule has 0 aliphatic heterocycles. The van der Waals surface area contributed by atoms with Gasteiger partial charge in [-0.05, 0) is 60.0 Å². The fraction of sp³-hybridized carbons (Fsp3) is 0.192. The van der Waals surface area contributed by atoms with Gasteiger partial charge in [-0.2, -0.15) is 12.7 Å². The third-order valence-electron chi connectivity index (χ3n) is 5.79. The summed E-state index contributed by atoms with van der Waals surface area (Å²) in [6.07, 6.45) is 0.275. The number of halogens is 1. The third kappa shape index (κ3) is 5.19. The van der Waals surface area contributed by atoms with Crippen LogP contribution in [0.15, 0.2) is 69.9 Å². The Morgan fingerprint density at radius 3 is 2.51 bits per heavy atom. The molecule has 0 radical (unpaired) electrons. The maximum atomic E-state index is 13.0. The largest absolute Gasteiger partial charge is 0.497 e. The topological polar surface area (TPSA) is 88.8 Å². The maximum Gasteiger partial charge on any atom is 0.340 e. The van der Waals surface area contributed by atoms with Crippen LogP contribution in [-0.4, -0.2) is 33.9 Å². The Morgan fingerprint density at radius 1 is 1.06 bits per heavy atom. The smallest absolute Gasteiger partial charge is 0.340 e. The summed E-state index contributed by atoms with van der Waals surface area (Å²) in [7, 11) is 0.844. The van der Waals surface area contributed by atoms with Crippen molar-refractivity contribution in [2.24, 2.45) is 0 Å². The molecule has 35 heavy (non-hydrogen) atoms. The summed E-state index contributed by atoms with van der Waals surface area (Å²) in [5.74, 6) is 0.696. The van der Waals surface area contributed by atoms with Crippen LogP contribution in [0.1, 0.15) is 16.7 Å². The number of anilines is 1. The van der Waals surface area contributed by atoms with Crippen molar-refractivity contribution >= 4 is 38.5 Å². The van der Waals surface area contributed by atoms with Gasteiger partial charge in [-0.25, -0.2) is 4.79 Å². The molecule has 0 spiro atoms. The van der Waals surface area contributed by atoms with E-state index in [9.17, 15) is 13.2 Å². The number of benzene rings is 3. The van der Waals surface area contributed by atoms with Crippen molar-refractivity contribution in [3.05, 3.63) is 92.8 Å². The number of nitrogens with one attached hydrogen (secondary N) is 1. The van der Waals surface area contributed by atoms with Crippen LogP contribution >= 0.6 is 11.6 Å². The molecule has 7 nitrogen and oxygen atoms in total. The molecule has 0 saturated carbocycles. The van der Waals surface area contributed by atoms with E-state index < -0.39 is 15.8 Å². The lowest BCUT2D eigenvalue weighted by atomic mass is 9.97. The van der Waals surface area contributed by atoms with Gasteiger partial charge < -0.3 is 9.15 Å². The van der Waals surface area contributed by atoms with E-state index in [0.717, 1.165) is 31.9 Å². The Bertz CT molecular complexity index is 1580.